The molecule has 0 radical (unpaired) electrons. The van der Waals surface area contributed by atoms with E-state index in [1.165, 1.54) is 18.3 Å². The van der Waals surface area contributed by atoms with Crippen molar-refractivity contribution < 1.29 is 18.4 Å². The zero-order chi connectivity index (χ0) is 21.0. The highest BCUT2D eigenvalue weighted by atomic mass is 35.5. The number of amides is 2. The summed E-state index contributed by atoms with van der Waals surface area (Å²) in [5.41, 5.74) is 0.270. The first-order valence-electron chi connectivity index (χ1n) is 9.21. The first-order chi connectivity index (χ1) is 13.9. The summed E-state index contributed by atoms with van der Waals surface area (Å²) >= 11 is 5.80. The molecule has 152 valence electrons. The second kappa shape index (κ2) is 9.00. The number of nitrogens with zero attached hydrogens (tertiary/aromatic N) is 2. The van der Waals surface area contributed by atoms with E-state index in [-0.39, 0.29) is 40.2 Å². The molecule has 3 heterocycles. The number of carbonyl (C=O) groups is 2. The van der Waals surface area contributed by atoms with Crippen LogP contribution in [-0.4, -0.2) is 21.8 Å². The molecule has 0 aliphatic carbocycles. The van der Waals surface area contributed by atoms with Crippen LogP contribution in [0.3, 0.4) is 0 Å². The lowest BCUT2D eigenvalue weighted by atomic mass is 10.0. The number of carbonyl (C=O) groups excluding carboxylic acids is 2. The number of fused-ring (bicyclic) bond motifs is 1. The van der Waals surface area contributed by atoms with E-state index in [0.717, 1.165) is 18.9 Å². The van der Waals surface area contributed by atoms with Crippen LogP contribution in [0.15, 0.2) is 34.9 Å². The van der Waals surface area contributed by atoms with Crippen LogP contribution >= 0.6 is 11.6 Å². The van der Waals surface area contributed by atoms with Gasteiger partial charge in [0.2, 0.25) is 17.6 Å². The molecule has 7 nitrogen and oxygen atoms in total. The molecular formula is C20H20ClFN4O3. The van der Waals surface area contributed by atoms with Crippen LogP contribution in [0, 0.1) is 11.9 Å². The first kappa shape index (κ1) is 20.7. The van der Waals surface area contributed by atoms with Gasteiger partial charge in [0.1, 0.15) is 17.0 Å². The van der Waals surface area contributed by atoms with Gasteiger partial charge in [-0.1, -0.05) is 38.3 Å². The maximum Gasteiger partial charge on any atom is 0.294 e. The van der Waals surface area contributed by atoms with Crippen molar-refractivity contribution in [3.05, 3.63) is 47.2 Å². The molecular weight excluding hydrogens is 399 g/mol. The molecule has 3 rings (SSSR count). The highest BCUT2D eigenvalue weighted by Gasteiger charge is 2.25. The Morgan fingerprint density at radius 1 is 1.24 bits per heavy atom. The predicted octanol–water partition coefficient (Wildman–Crippen LogP) is 5.03. The Balaban J connectivity index is 1.93. The molecule has 0 saturated heterocycles. The van der Waals surface area contributed by atoms with Crippen LogP contribution < -0.4 is 10.6 Å². The van der Waals surface area contributed by atoms with Gasteiger partial charge >= 0.3 is 0 Å². The largest absolute Gasteiger partial charge is 0.447 e. The quantitative estimate of drug-likeness (QED) is 0.524. The van der Waals surface area contributed by atoms with Gasteiger partial charge in [-0.15, -0.1) is 0 Å². The standard InChI is InChI=1S/C20H20ClFN4O3/c1-3-4-5-11(2)19(27)26-17-16-13(7-8-14(22)24-16)29-18(17)20(28)25-15-9-6-12(21)10-23-15/h6-11H,3-5H2,1-2H3,(H,26,27)(H,23,25,28)/t11-/m0/s1. The number of halogens is 2. The van der Waals surface area contributed by atoms with E-state index in [2.05, 4.69) is 20.6 Å². The minimum absolute atomic E-state index is 0.0271. The van der Waals surface area contributed by atoms with Gasteiger partial charge in [0.05, 0.1) is 5.02 Å². The molecule has 0 bridgehead atoms. The number of nitrogens with one attached hydrogen (secondary N) is 2. The summed E-state index contributed by atoms with van der Waals surface area (Å²) in [5.74, 6) is -1.94. The predicted molar refractivity (Wildman–Crippen MR) is 108 cm³/mol. The highest BCUT2D eigenvalue weighted by molar-refractivity contribution is 6.30. The number of anilines is 2. The molecule has 29 heavy (non-hydrogen) atoms. The van der Waals surface area contributed by atoms with Crippen molar-refractivity contribution >= 4 is 46.0 Å². The van der Waals surface area contributed by atoms with E-state index in [1.807, 2.05) is 6.92 Å². The number of hydrogen-bond acceptors (Lipinski definition) is 5. The molecule has 0 fully saturated rings. The van der Waals surface area contributed by atoms with Gasteiger partial charge in [0.25, 0.3) is 5.91 Å². The summed E-state index contributed by atoms with van der Waals surface area (Å²) in [5, 5.41) is 5.66. The summed E-state index contributed by atoms with van der Waals surface area (Å²) < 4.78 is 19.2. The summed E-state index contributed by atoms with van der Waals surface area (Å²) in [6.45, 7) is 3.83. The molecule has 0 aliphatic heterocycles. The number of rotatable bonds is 7. The van der Waals surface area contributed by atoms with Crippen LogP contribution in [0.5, 0.6) is 0 Å². The lowest BCUT2D eigenvalue weighted by Gasteiger charge is -2.11. The number of furan rings is 1. The van der Waals surface area contributed by atoms with Crippen LogP contribution in [0.4, 0.5) is 15.9 Å². The zero-order valence-electron chi connectivity index (χ0n) is 16.0. The van der Waals surface area contributed by atoms with E-state index in [0.29, 0.717) is 11.4 Å². The van der Waals surface area contributed by atoms with E-state index in [4.69, 9.17) is 16.0 Å². The second-order valence-corrected chi connectivity index (χ2v) is 7.07. The summed E-state index contributed by atoms with van der Waals surface area (Å²) in [7, 11) is 0. The third kappa shape index (κ3) is 4.89. The Morgan fingerprint density at radius 3 is 2.72 bits per heavy atom. The third-order valence-electron chi connectivity index (χ3n) is 4.36. The van der Waals surface area contributed by atoms with Crippen molar-refractivity contribution in [2.45, 2.75) is 33.1 Å². The number of hydrogen-bond donors (Lipinski definition) is 2. The van der Waals surface area contributed by atoms with Gasteiger partial charge in [-0.25, -0.2) is 9.97 Å². The molecule has 0 aliphatic rings. The Hall–Kier alpha value is -3.00. The molecule has 9 heteroatoms. The van der Waals surface area contributed by atoms with E-state index < -0.39 is 11.9 Å². The van der Waals surface area contributed by atoms with Gasteiger partial charge < -0.3 is 15.1 Å². The maximum absolute atomic E-state index is 13.7. The molecule has 3 aromatic heterocycles. The Bertz CT molecular complexity index is 1040. The lowest BCUT2D eigenvalue weighted by molar-refractivity contribution is -0.119. The topological polar surface area (TPSA) is 97.1 Å². The lowest BCUT2D eigenvalue weighted by Crippen LogP contribution is -2.22. The Labute approximate surface area is 171 Å². The highest BCUT2D eigenvalue weighted by Crippen LogP contribution is 2.31. The molecule has 1 atom stereocenters. The minimum Gasteiger partial charge on any atom is -0.447 e. The Kier molecular flexibility index (Phi) is 6.43. The van der Waals surface area contributed by atoms with E-state index in [1.54, 1.807) is 13.0 Å². The monoisotopic (exact) mass is 418 g/mol. The first-order valence-corrected chi connectivity index (χ1v) is 9.59. The van der Waals surface area contributed by atoms with Crippen LogP contribution in [-0.2, 0) is 4.79 Å². The third-order valence-corrected chi connectivity index (χ3v) is 4.59. The smallest absolute Gasteiger partial charge is 0.294 e. The van der Waals surface area contributed by atoms with Crippen molar-refractivity contribution in [1.82, 2.24) is 9.97 Å². The van der Waals surface area contributed by atoms with E-state index >= 15 is 0 Å². The minimum atomic E-state index is -0.751. The number of aromatic nitrogens is 2. The molecule has 0 unspecified atom stereocenters. The van der Waals surface area contributed by atoms with Crippen molar-refractivity contribution in [3.8, 4) is 0 Å². The van der Waals surface area contributed by atoms with Gasteiger partial charge in [0, 0.05) is 12.1 Å². The second-order valence-electron chi connectivity index (χ2n) is 6.64. The number of unbranched alkanes of at least 4 members (excludes halogenated alkanes) is 1. The fourth-order valence-electron chi connectivity index (χ4n) is 2.74. The molecule has 0 aromatic carbocycles. The van der Waals surface area contributed by atoms with Crippen LogP contribution in [0.2, 0.25) is 5.02 Å². The number of pyridine rings is 2. The van der Waals surface area contributed by atoms with E-state index in [9.17, 15) is 14.0 Å². The van der Waals surface area contributed by atoms with Crippen LogP contribution in [0.1, 0.15) is 43.7 Å². The SMILES string of the molecule is CCCC[C@H](C)C(=O)Nc1c(C(=O)Nc2ccc(Cl)cn2)oc2ccc(F)nc12. The van der Waals surface area contributed by atoms with Gasteiger partial charge in [0.15, 0.2) is 5.58 Å². The summed E-state index contributed by atoms with van der Waals surface area (Å²) in [6.07, 6.45) is 3.92. The van der Waals surface area contributed by atoms with Gasteiger partial charge in [-0.3, -0.25) is 9.59 Å². The molecule has 0 spiro atoms. The van der Waals surface area contributed by atoms with Gasteiger partial charge in [-0.05, 0) is 30.7 Å². The Morgan fingerprint density at radius 2 is 2.03 bits per heavy atom. The van der Waals surface area contributed by atoms with Crippen molar-refractivity contribution in [2.24, 2.45) is 5.92 Å². The summed E-state index contributed by atoms with van der Waals surface area (Å²) in [6, 6.07) is 5.55. The average molecular weight is 419 g/mol. The molecule has 0 saturated carbocycles. The fraction of sp³-hybridized carbons (Fsp3) is 0.300. The van der Waals surface area contributed by atoms with Crippen molar-refractivity contribution in [1.29, 1.82) is 0 Å². The molecule has 3 aromatic rings. The average Bonchev–Trinajstić information content (AvgIpc) is 3.05. The van der Waals surface area contributed by atoms with Crippen LogP contribution in [0.25, 0.3) is 11.1 Å². The molecule has 2 amide bonds. The zero-order valence-corrected chi connectivity index (χ0v) is 16.7. The maximum atomic E-state index is 13.7. The molecule has 2 N–H and O–H groups in total. The summed E-state index contributed by atoms with van der Waals surface area (Å²) in [4.78, 5) is 33.1. The van der Waals surface area contributed by atoms with Crippen molar-refractivity contribution in [3.63, 3.8) is 0 Å². The normalized spacial score (nSPS) is 12.0. The fourth-order valence-corrected chi connectivity index (χ4v) is 2.85. The van der Waals surface area contributed by atoms with Crippen molar-refractivity contribution in [2.75, 3.05) is 10.6 Å². The van der Waals surface area contributed by atoms with Gasteiger partial charge in [-0.2, -0.15) is 4.39 Å².